The standard InChI is InChI=1S/C24H28N2O15/c27-10-15-17(29)21(32)23(34,26(37)38)24(40-15,13-4-2-1-3-5-13)41-19-16(11-28)39-22(33,20(31)18(19)30)12-6-8-14(9-7-12)25(35)36/h1-9,15-21,27-34H,10-11H2/t15-,16-,17-,18+,19-,20-,21+,22+,23-,24+/m1/s1. The molecule has 0 saturated carbocycles. The van der Waals surface area contributed by atoms with Gasteiger partial charge >= 0.3 is 5.72 Å². The van der Waals surface area contributed by atoms with Crippen molar-refractivity contribution in [3.63, 3.8) is 0 Å². The van der Waals surface area contributed by atoms with Gasteiger partial charge in [-0.05, 0) is 12.1 Å². The third-order valence-corrected chi connectivity index (χ3v) is 7.26. The Morgan fingerprint density at radius 3 is 1.88 bits per heavy atom. The van der Waals surface area contributed by atoms with Crippen molar-refractivity contribution in [2.24, 2.45) is 0 Å². The second kappa shape index (κ2) is 11.2. The number of nitro benzene ring substituents is 1. The lowest BCUT2D eigenvalue weighted by Gasteiger charge is -2.53. The maximum absolute atomic E-state index is 12.3. The van der Waals surface area contributed by atoms with Crippen LogP contribution in [0.1, 0.15) is 11.1 Å². The highest BCUT2D eigenvalue weighted by atomic mass is 16.8. The molecule has 2 aliphatic heterocycles. The Labute approximate surface area is 230 Å². The van der Waals surface area contributed by atoms with Crippen LogP contribution in [-0.4, -0.2) is 112 Å². The number of aliphatic hydroxyl groups is 8. The number of hydrogen-bond donors (Lipinski definition) is 8. The minimum atomic E-state index is -3.73. The molecule has 17 nitrogen and oxygen atoms in total. The second-order valence-electron chi connectivity index (χ2n) is 9.60. The van der Waals surface area contributed by atoms with E-state index in [4.69, 9.17) is 14.2 Å². The van der Waals surface area contributed by atoms with E-state index in [9.17, 15) is 61.1 Å². The fourth-order valence-corrected chi connectivity index (χ4v) is 5.04. The van der Waals surface area contributed by atoms with Crippen LogP contribution >= 0.6 is 0 Å². The van der Waals surface area contributed by atoms with Gasteiger partial charge in [-0.1, -0.05) is 30.3 Å². The molecule has 2 saturated heterocycles. The summed E-state index contributed by atoms with van der Waals surface area (Å²) in [4.78, 5) is 21.2. The van der Waals surface area contributed by atoms with Crippen molar-refractivity contribution >= 4 is 5.69 Å². The first kappa shape index (κ1) is 30.8. The Kier molecular flexibility index (Phi) is 8.42. The fraction of sp³-hybridized carbons (Fsp3) is 0.500. The molecule has 0 amide bonds. The average molecular weight is 584 g/mol. The topological polar surface area (TPSA) is 276 Å². The summed E-state index contributed by atoms with van der Waals surface area (Å²) in [5.74, 6) is -5.92. The first-order valence-corrected chi connectivity index (χ1v) is 12.2. The van der Waals surface area contributed by atoms with Crippen molar-refractivity contribution in [1.29, 1.82) is 0 Å². The van der Waals surface area contributed by atoms with Gasteiger partial charge in [0.05, 0.1) is 23.1 Å². The number of nitro groups is 2. The van der Waals surface area contributed by atoms with Gasteiger partial charge in [0, 0.05) is 23.3 Å². The Balaban J connectivity index is 1.82. The van der Waals surface area contributed by atoms with Crippen molar-refractivity contribution in [3.05, 3.63) is 86.0 Å². The van der Waals surface area contributed by atoms with Crippen molar-refractivity contribution in [3.8, 4) is 0 Å². The number of rotatable bonds is 8. The molecule has 2 aromatic rings. The predicted molar refractivity (Wildman–Crippen MR) is 130 cm³/mol. The molecule has 0 aromatic heterocycles. The molecule has 41 heavy (non-hydrogen) atoms. The maximum atomic E-state index is 12.3. The van der Waals surface area contributed by atoms with Crippen LogP contribution in [-0.2, 0) is 25.8 Å². The van der Waals surface area contributed by atoms with Crippen LogP contribution in [0.15, 0.2) is 54.6 Å². The molecule has 0 bridgehead atoms. The second-order valence-corrected chi connectivity index (χ2v) is 9.60. The smallest absolute Gasteiger partial charge is 0.394 e. The quantitative estimate of drug-likeness (QED) is 0.0882. The van der Waals surface area contributed by atoms with E-state index >= 15 is 0 Å². The van der Waals surface area contributed by atoms with E-state index in [1.807, 2.05) is 0 Å². The monoisotopic (exact) mass is 584 g/mol. The largest absolute Gasteiger partial charge is 0.409 e. The zero-order chi connectivity index (χ0) is 30.3. The zero-order valence-electron chi connectivity index (χ0n) is 21.0. The van der Waals surface area contributed by atoms with E-state index < -0.39 is 83.1 Å². The number of aliphatic hydroxyl groups excluding tert-OH is 6. The van der Waals surface area contributed by atoms with Gasteiger partial charge in [0.2, 0.25) is 5.79 Å². The predicted octanol–water partition coefficient (Wildman–Crippen LogP) is -2.83. The molecule has 224 valence electrons. The van der Waals surface area contributed by atoms with E-state index in [1.165, 1.54) is 30.3 Å². The fourth-order valence-electron chi connectivity index (χ4n) is 5.04. The highest BCUT2D eigenvalue weighted by Gasteiger charge is 2.76. The summed E-state index contributed by atoms with van der Waals surface area (Å²) in [6, 6.07) is 10.5. The average Bonchev–Trinajstić information content (AvgIpc) is 2.97. The molecule has 2 aromatic carbocycles. The Morgan fingerprint density at radius 2 is 1.37 bits per heavy atom. The summed E-state index contributed by atoms with van der Waals surface area (Å²) < 4.78 is 16.9. The van der Waals surface area contributed by atoms with Crippen LogP contribution < -0.4 is 0 Å². The van der Waals surface area contributed by atoms with Gasteiger partial charge in [0.15, 0.2) is 6.10 Å². The van der Waals surface area contributed by atoms with E-state index in [0.717, 1.165) is 24.3 Å². The van der Waals surface area contributed by atoms with Gasteiger partial charge in [-0.25, -0.2) is 0 Å². The molecule has 8 N–H and O–H groups in total. The number of nitrogens with zero attached hydrogens (tertiary/aromatic N) is 2. The molecule has 0 aliphatic carbocycles. The number of ether oxygens (including phenoxy) is 3. The SMILES string of the molecule is O=[N+]([O-])c1ccc([C@]2(O)O[C@H](CO)[C@@H](O[C@]3(c4ccccc4)O[C@H](CO)[C@@H](O)[C@H](O)[C@]3(O)[N+](=O)[O-])[C@H](O)[C@H]2O)cc1. The summed E-state index contributed by atoms with van der Waals surface area (Å²) in [6.45, 7) is -2.10. The maximum Gasteiger partial charge on any atom is 0.409 e. The Bertz CT molecular complexity index is 1250. The van der Waals surface area contributed by atoms with Crippen LogP contribution in [0.25, 0.3) is 0 Å². The van der Waals surface area contributed by atoms with Crippen molar-refractivity contribution in [2.75, 3.05) is 13.2 Å². The van der Waals surface area contributed by atoms with Crippen molar-refractivity contribution in [2.45, 2.75) is 60.0 Å². The lowest BCUT2D eigenvalue weighted by atomic mass is 9.81. The highest BCUT2D eigenvalue weighted by molar-refractivity contribution is 5.36. The van der Waals surface area contributed by atoms with E-state index in [0.29, 0.717) is 0 Å². The number of benzene rings is 2. The van der Waals surface area contributed by atoms with Crippen LogP contribution in [0.3, 0.4) is 0 Å². The normalized spacial score (nSPS) is 39.3. The lowest BCUT2D eigenvalue weighted by Crippen LogP contribution is -2.77. The van der Waals surface area contributed by atoms with Gasteiger partial charge in [0.1, 0.15) is 36.6 Å². The first-order chi connectivity index (χ1) is 19.3. The van der Waals surface area contributed by atoms with Crippen LogP contribution in [0.4, 0.5) is 5.69 Å². The lowest BCUT2D eigenvalue weighted by molar-refractivity contribution is -0.703. The van der Waals surface area contributed by atoms with Gasteiger partial charge < -0.3 is 55.1 Å². The number of hydrogen-bond acceptors (Lipinski definition) is 15. The molecule has 2 aliphatic rings. The molecule has 17 heteroatoms. The van der Waals surface area contributed by atoms with Gasteiger partial charge in [-0.3, -0.25) is 20.2 Å². The Hall–Kier alpha value is -3.20. The molecule has 4 rings (SSSR count). The summed E-state index contributed by atoms with van der Waals surface area (Å²) in [6.07, 6.45) is -15.1. The van der Waals surface area contributed by atoms with E-state index in [-0.39, 0.29) is 16.8 Å². The van der Waals surface area contributed by atoms with Crippen molar-refractivity contribution < 1.29 is 64.9 Å². The molecule has 2 heterocycles. The van der Waals surface area contributed by atoms with Gasteiger partial charge in [-0.15, -0.1) is 0 Å². The van der Waals surface area contributed by atoms with E-state index in [1.54, 1.807) is 0 Å². The molecule has 2 fully saturated rings. The molecular weight excluding hydrogens is 556 g/mol. The Morgan fingerprint density at radius 1 is 0.780 bits per heavy atom. The van der Waals surface area contributed by atoms with Crippen LogP contribution in [0.5, 0.6) is 0 Å². The molecule has 0 spiro atoms. The first-order valence-electron chi connectivity index (χ1n) is 12.2. The van der Waals surface area contributed by atoms with E-state index in [2.05, 4.69) is 0 Å². The minimum Gasteiger partial charge on any atom is -0.394 e. The summed E-state index contributed by atoms with van der Waals surface area (Å²) >= 11 is 0. The van der Waals surface area contributed by atoms with Crippen LogP contribution in [0.2, 0.25) is 0 Å². The minimum absolute atomic E-state index is 0.279. The molecule has 0 radical (unpaired) electrons. The van der Waals surface area contributed by atoms with Gasteiger partial charge in [0.25, 0.3) is 11.5 Å². The third-order valence-electron chi connectivity index (χ3n) is 7.26. The van der Waals surface area contributed by atoms with Crippen molar-refractivity contribution in [1.82, 2.24) is 0 Å². The molecular formula is C24H28N2O15. The summed E-state index contributed by atoms with van der Waals surface area (Å²) in [7, 11) is 0. The van der Waals surface area contributed by atoms with Crippen LogP contribution in [0, 0.1) is 20.2 Å². The highest BCUT2D eigenvalue weighted by Crippen LogP contribution is 2.49. The number of non-ortho nitro benzene ring substituents is 1. The summed E-state index contributed by atoms with van der Waals surface area (Å²) in [5.41, 5.74) is -4.73. The third kappa shape index (κ3) is 4.76. The zero-order valence-corrected chi connectivity index (χ0v) is 21.0. The summed E-state index contributed by atoms with van der Waals surface area (Å²) in [5, 5.41) is 109. The van der Waals surface area contributed by atoms with Gasteiger partial charge in [-0.2, -0.15) is 0 Å². The molecule has 10 atom stereocenters. The molecule has 0 unspecified atom stereocenters.